The molecule has 0 bridgehead atoms. The molecular weight excluding hydrogens is 484 g/mol. The number of halogens is 1. The highest BCUT2D eigenvalue weighted by atomic mass is 35.5. The van der Waals surface area contributed by atoms with E-state index in [1.54, 1.807) is 43.5 Å². The number of nitriles is 1. The van der Waals surface area contributed by atoms with Crippen molar-refractivity contribution < 1.29 is 19.4 Å². The number of hydrogen-bond donors (Lipinski definition) is 1. The van der Waals surface area contributed by atoms with Gasteiger partial charge in [-0.05, 0) is 42.3 Å². The molecule has 3 aromatic heterocycles. The molecule has 0 aliphatic carbocycles. The van der Waals surface area contributed by atoms with Gasteiger partial charge < -0.3 is 14.4 Å². The van der Waals surface area contributed by atoms with E-state index in [1.807, 2.05) is 0 Å². The van der Waals surface area contributed by atoms with Crippen LogP contribution in [0.1, 0.15) is 40.9 Å². The van der Waals surface area contributed by atoms with Gasteiger partial charge in [0.15, 0.2) is 5.78 Å². The Morgan fingerprint density at radius 3 is 2.67 bits per heavy atom. The molecule has 4 aromatic rings. The maximum atomic E-state index is 13.3. The molecule has 0 saturated heterocycles. The van der Waals surface area contributed by atoms with Crippen LogP contribution in [-0.2, 0) is 11.2 Å². The van der Waals surface area contributed by atoms with Gasteiger partial charge in [-0.25, -0.2) is 9.31 Å². The first-order chi connectivity index (χ1) is 17.3. The molecule has 0 saturated carbocycles. The van der Waals surface area contributed by atoms with Crippen LogP contribution in [0.4, 0.5) is 0 Å². The number of Topliss-reactive ketones (excluding diaryl/α,β-unsaturated/α-hetero) is 1. The summed E-state index contributed by atoms with van der Waals surface area (Å²) >= 11 is 6.12. The van der Waals surface area contributed by atoms with E-state index >= 15 is 0 Å². The summed E-state index contributed by atoms with van der Waals surface area (Å²) in [6, 6.07) is 10.7. The number of aromatic carboxylic acids is 1. The second-order valence-electron chi connectivity index (χ2n) is 8.10. The number of carboxylic acid groups (broad SMARTS) is 1. The molecule has 10 heteroatoms. The minimum Gasteiger partial charge on any atom is -0.495 e. The van der Waals surface area contributed by atoms with Crippen molar-refractivity contribution in [2.75, 3.05) is 7.11 Å². The summed E-state index contributed by atoms with van der Waals surface area (Å²) in [6.07, 6.45) is 4.64. The normalized spacial score (nSPS) is 11.7. The van der Waals surface area contributed by atoms with Gasteiger partial charge in [0.05, 0.1) is 42.7 Å². The molecule has 3 heterocycles. The number of methoxy groups -OCH3 is 1. The van der Waals surface area contributed by atoms with Crippen LogP contribution in [0.2, 0.25) is 5.02 Å². The Bertz CT molecular complexity index is 1600. The minimum absolute atomic E-state index is 0.0113. The summed E-state index contributed by atoms with van der Waals surface area (Å²) in [6.45, 7) is 1.79. The molecule has 0 radical (unpaired) electrons. The molecule has 182 valence electrons. The van der Waals surface area contributed by atoms with Crippen LogP contribution >= 0.6 is 11.6 Å². The maximum absolute atomic E-state index is 13.3. The van der Waals surface area contributed by atoms with Gasteiger partial charge in [-0.2, -0.15) is 10.4 Å². The standard InChI is InChI=1S/C26H21ClN4O5/c1-3-21(23(32)9-15-6-7-31-22(8-15)20(13-29-31)26(34)35)30-14-24(36-2)19(11-25(30)33)18-10-17(27)5-4-16(18)12-28/h4-8,10-11,13-14,21H,3,9H2,1-2H3,(H,34,35). The van der Waals surface area contributed by atoms with Crippen molar-refractivity contribution in [2.45, 2.75) is 25.8 Å². The van der Waals surface area contributed by atoms with Crippen LogP contribution < -0.4 is 10.3 Å². The maximum Gasteiger partial charge on any atom is 0.339 e. The number of fused-ring (bicyclic) bond motifs is 1. The van der Waals surface area contributed by atoms with Crippen molar-refractivity contribution in [3.63, 3.8) is 0 Å². The third-order valence-electron chi connectivity index (χ3n) is 5.95. The lowest BCUT2D eigenvalue weighted by molar-refractivity contribution is -0.121. The number of carbonyl (C=O) groups is 2. The Hall–Kier alpha value is -4.42. The monoisotopic (exact) mass is 504 g/mol. The fourth-order valence-corrected chi connectivity index (χ4v) is 4.35. The summed E-state index contributed by atoms with van der Waals surface area (Å²) in [5.41, 5.74) is 1.75. The van der Waals surface area contributed by atoms with E-state index in [9.17, 15) is 24.8 Å². The van der Waals surface area contributed by atoms with Gasteiger partial charge in [0.1, 0.15) is 11.3 Å². The highest BCUT2D eigenvalue weighted by Crippen LogP contribution is 2.33. The van der Waals surface area contributed by atoms with E-state index in [0.29, 0.717) is 45.0 Å². The van der Waals surface area contributed by atoms with Crippen molar-refractivity contribution in [1.29, 1.82) is 5.26 Å². The second-order valence-corrected chi connectivity index (χ2v) is 8.53. The zero-order valence-electron chi connectivity index (χ0n) is 19.4. The first kappa shape index (κ1) is 24.7. The molecule has 1 N–H and O–H groups in total. The molecule has 0 fully saturated rings. The highest BCUT2D eigenvalue weighted by Gasteiger charge is 2.23. The summed E-state index contributed by atoms with van der Waals surface area (Å²) in [5.74, 6) is -1.03. The summed E-state index contributed by atoms with van der Waals surface area (Å²) in [4.78, 5) is 37.9. The van der Waals surface area contributed by atoms with Gasteiger partial charge in [0, 0.05) is 34.8 Å². The topological polar surface area (TPSA) is 127 Å². The van der Waals surface area contributed by atoms with Crippen LogP contribution in [-0.4, -0.2) is 38.2 Å². The number of ketones is 1. The van der Waals surface area contributed by atoms with Crippen molar-refractivity contribution in [3.8, 4) is 22.9 Å². The zero-order chi connectivity index (χ0) is 26.0. The van der Waals surface area contributed by atoms with Crippen molar-refractivity contribution in [2.24, 2.45) is 0 Å². The van der Waals surface area contributed by atoms with Gasteiger partial charge >= 0.3 is 5.97 Å². The number of carboxylic acids is 1. The van der Waals surface area contributed by atoms with Crippen LogP contribution in [0.15, 0.2) is 59.8 Å². The van der Waals surface area contributed by atoms with E-state index in [1.165, 1.54) is 34.7 Å². The van der Waals surface area contributed by atoms with Gasteiger partial charge in [-0.1, -0.05) is 18.5 Å². The summed E-state index contributed by atoms with van der Waals surface area (Å²) in [7, 11) is 1.44. The highest BCUT2D eigenvalue weighted by molar-refractivity contribution is 6.31. The number of aromatic nitrogens is 3. The molecule has 1 aromatic carbocycles. The number of hydrogen-bond acceptors (Lipinski definition) is 6. The fourth-order valence-electron chi connectivity index (χ4n) is 4.18. The zero-order valence-corrected chi connectivity index (χ0v) is 20.2. The number of pyridine rings is 2. The number of rotatable bonds is 8. The van der Waals surface area contributed by atoms with E-state index in [4.69, 9.17) is 16.3 Å². The van der Waals surface area contributed by atoms with Crippen molar-refractivity contribution >= 4 is 28.9 Å². The lowest BCUT2D eigenvalue weighted by Crippen LogP contribution is -2.30. The Morgan fingerprint density at radius 2 is 2.00 bits per heavy atom. The number of ether oxygens (including phenoxy) is 1. The smallest absolute Gasteiger partial charge is 0.339 e. The third kappa shape index (κ3) is 4.59. The van der Waals surface area contributed by atoms with Crippen LogP contribution in [0.3, 0.4) is 0 Å². The lowest BCUT2D eigenvalue weighted by atomic mass is 9.99. The van der Waals surface area contributed by atoms with Crippen LogP contribution in [0.25, 0.3) is 16.6 Å². The first-order valence-electron chi connectivity index (χ1n) is 11.0. The van der Waals surface area contributed by atoms with Crippen LogP contribution in [0.5, 0.6) is 5.75 Å². The third-order valence-corrected chi connectivity index (χ3v) is 6.18. The van der Waals surface area contributed by atoms with Gasteiger partial charge in [-0.3, -0.25) is 9.59 Å². The molecule has 0 aliphatic rings. The van der Waals surface area contributed by atoms with Gasteiger partial charge in [0.2, 0.25) is 0 Å². The summed E-state index contributed by atoms with van der Waals surface area (Å²) in [5, 5.41) is 23.3. The number of carbonyl (C=O) groups excluding carboxylic acids is 1. The second kappa shape index (κ2) is 10.1. The van der Waals surface area contributed by atoms with E-state index in [0.717, 1.165) is 0 Å². The first-order valence-corrected chi connectivity index (χ1v) is 11.4. The quantitative estimate of drug-likeness (QED) is 0.381. The number of benzene rings is 1. The lowest BCUT2D eigenvalue weighted by Gasteiger charge is -2.20. The fraction of sp³-hybridized carbons (Fsp3) is 0.192. The molecule has 0 aliphatic heterocycles. The van der Waals surface area contributed by atoms with E-state index < -0.39 is 17.6 Å². The molecule has 0 amide bonds. The molecule has 9 nitrogen and oxygen atoms in total. The molecule has 0 spiro atoms. The van der Waals surface area contributed by atoms with Gasteiger partial charge in [0.25, 0.3) is 5.56 Å². The van der Waals surface area contributed by atoms with Crippen LogP contribution in [0, 0.1) is 11.3 Å². The van der Waals surface area contributed by atoms with E-state index in [-0.39, 0.29) is 17.8 Å². The Labute approximate surface area is 210 Å². The van der Waals surface area contributed by atoms with E-state index in [2.05, 4.69) is 11.2 Å². The van der Waals surface area contributed by atoms with Crippen molar-refractivity contribution in [3.05, 3.63) is 87.1 Å². The Kier molecular flexibility index (Phi) is 6.90. The SMILES string of the molecule is CCC(C(=O)Cc1ccn2ncc(C(=O)O)c2c1)n1cc(OC)c(-c2cc(Cl)ccc2C#N)cc1=O. The molecule has 4 rings (SSSR count). The largest absolute Gasteiger partial charge is 0.495 e. The molecule has 1 unspecified atom stereocenters. The average molecular weight is 505 g/mol. The predicted molar refractivity (Wildman–Crippen MR) is 133 cm³/mol. The van der Waals surface area contributed by atoms with Gasteiger partial charge in [-0.15, -0.1) is 0 Å². The molecule has 36 heavy (non-hydrogen) atoms. The summed E-state index contributed by atoms with van der Waals surface area (Å²) < 4.78 is 8.26. The molecule has 1 atom stereocenters. The Morgan fingerprint density at radius 1 is 1.22 bits per heavy atom. The average Bonchev–Trinajstić information content (AvgIpc) is 3.29. The van der Waals surface area contributed by atoms with Crippen molar-refractivity contribution in [1.82, 2.24) is 14.2 Å². The predicted octanol–water partition coefficient (Wildman–Crippen LogP) is 4.16. The number of nitrogens with zero attached hydrogens (tertiary/aromatic N) is 4. The Balaban J connectivity index is 1.71. The molecular formula is C26H21ClN4O5. The minimum atomic E-state index is -1.11.